The van der Waals surface area contributed by atoms with Gasteiger partial charge in [-0.15, -0.1) is 0 Å². The summed E-state index contributed by atoms with van der Waals surface area (Å²) >= 11 is 0. The van der Waals surface area contributed by atoms with E-state index >= 15 is 0 Å². The Morgan fingerprint density at radius 2 is 1.85 bits per heavy atom. The van der Waals surface area contributed by atoms with Crippen LogP contribution in [0.2, 0.25) is 0 Å². The number of phenolic OH excluding ortho intramolecular Hbond substituents is 1. The average Bonchev–Trinajstić information content (AvgIpc) is 2.20. The molecular formula is C10H17NO2. The summed E-state index contributed by atoms with van der Waals surface area (Å²) in [5, 5.41) is 19.3. The van der Waals surface area contributed by atoms with Crippen molar-refractivity contribution in [2.24, 2.45) is 0 Å². The van der Waals surface area contributed by atoms with E-state index in [-0.39, 0.29) is 0 Å². The molecule has 1 aromatic rings. The van der Waals surface area contributed by atoms with Crippen molar-refractivity contribution in [3.63, 3.8) is 0 Å². The Balaban J connectivity index is 0.000000671. The first-order valence-electron chi connectivity index (χ1n) is 4.21. The quantitative estimate of drug-likeness (QED) is 0.648. The lowest BCUT2D eigenvalue weighted by Crippen LogP contribution is -2.10. The zero-order chi connectivity index (χ0) is 10.1. The highest BCUT2D eigenvalue weighted by atomic mass is 16.3. The molecule has 0 aliphatic rings. The van der Waals surface area contributed by atoms with Gasteiger partial charge in [0, 0.05) is 7.11 Å². The number of para-hydroxylation sites is 1. The molecule has 0 bridgehead atoms. The second-order valence-electron chi connectivity index (χ2n) is 2.48. The minimum absolute atomic E-state index is 0.391. The van der Waals surface area contributed by atoms with Crippen LogP contribution in [0.1, 0.15) is 5.56 Å². The largest absolute Gasteiger partial charge is 0.508 e. The standard InChI is InChI=1S/C9H13NO.CH4O/c1-10-7-6-8-4-2-3-5-9(8)11;1-2/h2-5,10-11H,6-7H2,1H3;2H,1H3. The molecule has 1 aromatic carbocycles. The molecule has 0 heterocycles. The number of likely N-dealkylation sites (N-methyl/N-ethyl adjacent to an activating group) is 1. The summed E-state index contributed by atoms with van der Waals surface area (Å²) in [6, 6.07) is 7.42. The van der Waals surface area contributed by atoms with Crippen molar-refractivity contribution in [3.05, 3.63) is 29.8 Å². The number of phenols is 1. The highest BCUT2D eigenvalue weighted by Gasteiger charge is 1.96. The van der Waals surface area contributed by atoms with Gasteiger partial charge in [0.2, 0.25) is 0 Å². The first-order chi connectivity index (χ1) is 6.34. The smallest absolute Gasteiger partial charge is 0.118 e. The van der Waals surface area contributed by atoms with Crippen molar-refractivity contribution in [2.75, 3.05) is 20.7 Å². The van der Waals surface area contributed by atoms with Crippen LogP contribution in [0.3, 0.4) is 0 Å². The van der Waals surface area contributed by atoms with Gasteiger partial charge in [-0.05, 0) is 31.6 Å². The van der Waals surface area contributed by atoms with Crippen molar-refractivity contribution in [1.82, 2.24) is 5.32 Å². The van der Waals surface area contributed by atoms with Gasteiger partial charge < -0.3 is 15.5 Å². The summed E-state index contributed by atoms with van der Waals surface area (Å²) < 4.78 is 0. The van der Waals surface area contributed by atoms with E-state index in [9.17, 15) is 5.11 Å². The lowest BCUT2D eigenvalue weighted by atomic mass is 10.1. The second-order valence-corrected chi connectivity index (χ2v) is 2.48. The molecule has 0 atom stereocenters. The van der Waals surface area contributed by atoms with E-state index in [0.29, 0.717) is 5.75 Å². The average molecular weight is 183 g/mol. The molecule has 0 aromatic heterocycles. The van der Waals surface area contributed by atoms with Crippen LogP contribution in [0.4, 0.5) is 0 Å². The summed E-state index contributed by atoms with van der Waals surface area (Å²) in [5.41, 5.74) is 1.00. The minimum atomic E-state index is 0.391. The molecule has 0 saturated heterocycles. The number of aliphatic hydroxyl groups is 1. The van der Waals surface area contributed by atoms with Crippen LogP contribution >= 0.6 is 0 Å². The van der Waals surface area contributed by atoms with Crippen LogP contribution in [0.25, 0.3) is 0 Å². The normalized spacial score (nSPS) is 8.85. The fourth-order valence-corrected chi connectivity index (χ4v) is 0.982. The Hall–Kier alpha value is -1.06. The fraction of sp³-hybridized carbons (Fsp3) is 0.400. The molecule has 3 nitrogen and oxygen atoms in total. The van der Waals surface area contributed by atoms with Crippen LogP contribution in [-0.2, 0) is 6.42 Å². The topological polar surface area (TPSA) is 52.5 Å². The Bertz CT molecular complexity index is 226. The molecule has 0 radical (unpaired) electrons. The Labute approximate surface area is 79.0 Å². The van der Waals surface area contributed by atoms with Crippen LogP contribution in [0, 0.1) is 0 Å². The fourth-order valence-electron chi connectivity index (χ4n) is 0.982. The monoisotopic (exact) mass is 183 g/mol. The SMILES string of the molecule is CNCCc1ccccc1O.CO. The number of benzene rings is 1. The van der Waals surface area contributed by atoms with Gasteiger partial charge in [0.25, 0.3) is 0 Å². The lowest BCUT2D eigenvalue weighted by molar-refractivity contribution is 0.399. The Morgan fingerprint density at radius 3 is 2.38 bits per heavy atom. The third kappa shape index (κ3) is 4.50. The number of rotatable bonds is 3. The van der Waals surface area contributed by atoms with Crippen molar-refractivity contribution in [1.29, 1.82) is 0 Å². The molecular weight excluding hydrogens is 166 g/mol. The van der Waals surface area contributed by atoms with Gasteiger partial charge in [-0.1, -0.05) is 18.2 Å². The van der Waals surface area contributed by atoms with E-state index in [2.05, 4.69) is 5.32 Å². The third-order valence-corrected chi connectivity index (χ3v) is 1.64. The second kappa shape index (κ2) is 7.58. The maximum Gasteiger partial charge on any atom is 0.118 e. The van der Waals surface area contributed by atoms with Crippen molar-refractivity contribution >= 4 is 0 Å². The van der Waals surface area contributed by atoms with Gasteiger partial charge in [0.05, 0.1) is 0 Å². The first kappa shape index (κ1) is 11.9. The zero-order valence-electron chi connectivity index (χ0n) is 8.12. The summed E-state index contributed by atoms with van der Waals surface area (Å²) in [7, 11) is 2.90. The third-order valence-electron chi connectivity index (χ3n) is 1.64. The predicted molar refractivity (Wildman–Crippen MR) is 53.9 cm³/mol. The van der Waals surface area contributed by atoms with Crippen LogP contribution in [0.15, 0.2) is 24.3 Å². The molecule has 0 saturated carbocycles. The minimum Gasteiger partial charge on any atom is -0.508 e. The van der Waals surface area contributed by atoms with Crippen LogP contribution in [0.5, 0.6) is 5.75 Å². The number of nitrogens with one attached hydrogen (secondary N) is 1. The molecule has 3 heteroatoms. The van der Waals surface area contributed by atoms with E-state index in [1.54, 1.807) is 6.07 Å². The van der Waals surface area contributed by atoms with Gasteiger partial charge in [-0.2, -0.15) is 0 Å². The Morgan fingerprint density at radius 1 is 1.23 bits per heavy atom. The molecule has 0 aliphatic heterocycles. The van der Waals surface area contributed by atoms with E-state index in [0.717, 1.165) is 25.6 Å². The molecule has 0 aliphatic carbocycles. The van der Waals surface area contributed by atoms with Crippen molar-refractivity contribution < 1.29 is 10.2 Å². The molecule has 0 spiro atoms. The van der Waals surface area contributed by atoms with Crippen LogP contribution < -0.4 is 5.32 Å². The number of aliphatic hydroxyl groups excluding tert-OH is 1. The first-order valence-corrected chi connectivity index (χ1v) is 4.21. The van der Waals surface area contributed by atoms with Gasteiger partial charge in [-0.25, -0.2) is 0 Å². The number of aromatic hydroxyl groups is 1. The highest BCUT2D eigenvalue weighted by molar-refractivity contribution is 5.31. The summed E-state index contributed by atoms with van der Waals surface area (Å²) in [6.07, 6.45) is 0.878. The van der Waals surface area contributed by atoms with Crippen LogP contribution in [-0.4, -0.2) is 30.9 Å². The summed E-state index contributed by atoms with van der Waals surface area (Å²) in [6.45, 7) is 0.900. The van der Waals surface area contributed by atoms with Crippen molar-refractivity contribution in [3.8, 4) is 5.75 Å². The molecule has 3 N–H and O–H groups in total. The van der Waals surface area contributed by atoms with E-state index in [1.807, 2.05) is 25.2 Å². The number of hydrogen-bond donors (Lipinski definition) is 3. The maximum absolute atomic E-state index is 9.31. The van der Waals surface area contributed by atoms with Gasteiger partial charge in [0.1, 0.15) is 5.75 Å². The zero-order valence-corrected chi connectivity index (χ0v) is 8.12. The lowest BCUT2D eigenvalue weighted by Gasteiger charge is -2.02. The van der Waals surface area contributed by atoms with E-state index in [4.69, 9.17) is 5.11 Å². The highest BCUT2D eigenvalue weighted by Crippen LogP contribution is 2.15. The predicted octanol–water partition coefficient (Wildman–Crippen LogP) is 0.763. The maximum atomic E-state index is 9.31. The summed E-state index contributed by atoms with van der Waals surface area (Å²) in [4.78, 5) is 0. The van der Waals surface area contributed by atoms with E-state index < -0.39 is 0 Å². The van der Waals surface area contributed by atoms with Gasteiger partial charge in [0.15, 0.2) is 0 Å². The molecule has 0 unspecified atom stereocenters. The summed E-state index contributed by atoms with van der Waals surface area (Å²) in [5.74, 6) is 0.391. The number of hydrogen-bond acceptors (Lipinski definition) is 3. The molecule has 74 valence electrons. The Kier molecular flexibility index (Phi) is 6.96. The van der Waals surface area contributed by atoms with Gasteiger partial charge in [-0.3, -0.25) is 0 Å². The van der Waals surface area contributed by atoms with E-state index in [1.165, 1.54) is 0 Å². The molecule has 13 heavy (non-hydrogen) atoms. The van der Waals surface area contributed by atoms with Crippen molar-refractivity contribution in [2.45, 2.75) is 6.42 Å². The van der Waals surface area contributed by atoms with Gasteiger partial charge >= 0.3 is 0 Å². The molecule has 0 amide bonds. The molecule has 0 fully saturated rings. The molecule has 1 rings (SSSR count).